The molecule has 0 fully saturated rings. The third-order valence-electron chi connectivity index (χ3n) is 1.75. The highest BCUT2D eigenvalue weighted by molar-refractivity contribution is 5.74. The van der Waals surface area contributed by atoms with Crippen LogP contribution in [-0.2, 0) is 4.79 Å². The van der Waals surface area contributed by atoms with Crippen molar-refractivity contribution in [2.75, 3.05) is 0 Å². The fraction of sp³-hybridized carbons (Fsp3) is 0.400. The van der Waals surface area contributed by atoms with E-state index in [1.807, 2.05) is 32.1 Å². The number of carbonyl (C=O) groups excluding carboxylic acids is 1. The molecule has 4 heteroatoms. The molecule has 0 radical (unpaired) electrons. The minimum Gasteiger partial charge on any atom is -0.273 e. The van der Waals surface area contributed by atoms with Crippen LogP contribution in [0.25, 0.3) is 0 Å². The summed E-state index contributed by atoms with van der Waals surface area (Å²) in [7, 11) is 0. The molecule has 0 bridgehead atoms. The zero-order valence-corrected chi connectivity index (χ0v) is 8.71. The maximum Gasteiger partial charge on any atom is 0.239 e. The summed E-state index contributed by atoms with van der Waals surface area (Å²) in [6, 6.07) is 0.0902. The van der Waals surface area contributed by atoms with Crippen molar-refractivity contribution in [3.8, 4) is 0 Å². The highest BCUT2D eigenvalue weighted by Crippen LogP contribution is 2.07. The van der Waals surface area contributed by atoms with E-state index in [1.165, 1.54) is 6.92 Å². The molecule has 4 nitrogen and oxygen atoms in total. The topological polar surface area (TPSA) is 35.9 Å². The number of hydrazone groups is 1. The average molecular weight is 193 g/mol. The van der Waals surface area contributed by atoms with Gasteiger partial charge in [0.25, 0.3) is 0 Å². The van der Waals surface area contributed by atoms with Crippen molar-refractivity contribution >= 4 is 12.1 Å². The molecule has 0 atom stereocenters. The predicted molar refractivity (Wildman–Crippen MR) is 56.3 cm³/mol. The number of amides is 1. The van der Waals surface area contributed by atoms with Crippen molar-refractivity contribution in [1.82, 2.24) is 10.1 Å². The summed E-state index contributed by atoms with van der Waals surface area (Å²) < 4.78 is 0. The first kappa shape index (κ1) is 10.5. The maximum atomic E-state index is 11.4. The van der Waals surface area contributed by atoms with Gasteiger partial charge < -0.3 is 0 Å². The first-order valence-corrected chi connectivity index (χ1v) is 4.59. The van der Waals surface area contributed by atoms with Gasteiger partial charge in [-0.15, -0.1) is 0 Å². The Kier molecular flexibility index (Phi) is 3.45. The normalized spacial score (nSPS) is 14.7. The third-order valence-corrected chi connectivity index (χ3v) is 1.75. The van der Waals surface area contributed by atoms with Gasteiger partial charge in [-0.05, 0) is 26.0 Å². The Morgan fingerprint density at radius 3 is 2.64 bits per heavy atom. The minimum absolute atomic E-state index is 0.0244. The zero-order chi connectivity index (χ0) is 10.6. The van der Waals surface area contributed by atoms with E-state index in [4.69, 9.17) is 0 Å². The van der Waals surface area contributed by atoms with Crippen LogP contribution in [0.3, 0.4) is 0 Å². The molecule has 1 aliphatic rings. The quantitative estimate of drug-likeness (QED) is 0.666. The van der Waals surface area contributed by atoms with Gasteiger partial charge in [0, 0.05) is 25.4 Å². The lowest BCUT2D eigenvalue weighted by atomic mass is 10.4. The van der Waals surface area contributed by atoms with E-state index in [1.54, 1.807) is 22.5 Å². The van der Waals surface area contributed by atoms with Crippen molar-refractivity contribution in [3.05, 3.63) is 24.4 Å². The smallest absolute Gasteiger partial charge is 0.239 e. The first-order valence-electron chi connectivity index (χ1n) is 4.59. The van der Waals surface area contributed by atoms with Gasteiger partial charge in [0.15, 0.2) is 0 Å². The lowest BCUT2D eigenvalue weighted by molar-refractivity contribution is -0.145. The monoisotopic (exact) mass is 193 g/mol. The summed E-state index contributed by atoms with van der Waals surface area (Å²) in [5.41, 5.74) is 0. The number of hydrogen-bond acceptors (Lipinski definition) is 3. The van der Waals surface area contributed by atoms with E-state index in [0.29, 0.717) is 0 Å². The number of nitrogens with zero attached hydrogens (tertiary/aromatic N) is 3. The fourth-order valence-corrected chi connectivity index (χ4v) is 1.26. The van der Waals surface area contributed by atoms with E-state index in [2.05, 4.69) is 5.10 Å². The Morgan fingerprint density at radius 2 is 2.07 bits per heavy atom. The van der Waals surface area contributed by atoms with Crippen molar-refractivity contribution in [2.24, 2.45) is 5.10 Å². The van der Waals surface area contributed by atoms with Crippen LogP contribution in [0.5, 0.6) is 0 Å². The Balaban J connectivity index is 2.83. The first-order chi connectivity index (χ1) is 6.63. The van der Waals surface area contributed by atoms with Crippen LogP contribution in [0.4, 0.5) is 0 Å². The molecule has 0 unspecified atom stereocenters. The summed E-state index contributed by atoms with van der Waals surface area (Å²) in [6.45, 7) is 5.42. The summed E-state index contributed by atoms with van der Waals surface area (Å²) in [5.74, 6) is -0.0244. The number of carbonyl (C=O) groups is 1. The van der Waals surface area contributed by atoms with Gasteiger partial charge in [-0.3, -0.25) is 4.79 Å². The van der Waals surface area contributed by atoms with Crippen LogP contribution in [0.1, 0.15) is 20.8 Å². The molecule has 0 N–H and O–H groups in total. The molecule has 1 heterocycles. The molecule has 0 saturated carbocycles. The highest BCUT2D eigenvalue weighted by Gasteiger charge is 2.17. The average Bonchev–Trinajstić information content (AvgIpc) is 2.31. The van der Waals surface area contributed by atoms with Crippen LogP contribution in [0.2, 0.25) is 0 Å². The predicted octanol–water partition coefficient (Wildman–Crippen LogP) is 1.53. The van der Waals surface area contributed by atoms with E-state index < -0.39 is 0 Å². The summed E-state index contributed by atoms with van der Waals surface area (Å²) in [5, 5.41) is 7.24. The number of allylic oxidation sites excluding steroid dienone is 3. The van der Waals surface area contributed by atoms with Crippen molar-refractivity contribution < 1.29 is 4.79 Å². The Morgan fingerprint density at radius 1 is 1.36 bits per heavy atom. The van der Waals surface area contributed by atoms with Crippen LogP contribution in [0.15, 0.2) is 29.5 Å². The van der Waals surface area contributed by atoms with Gasteiger partial charge in [0.2, 0.25) is 5.91 Å². The van der Waals surface area contributed by atoms with Crippen LogP contribution in [-0.4, -0.2) is 28.3 Å². The molecule has 1 aliphatic heterocycles. The van der Waals surface area contributed by atoms with Crippen molar-refractivity contribution in [3.63, 3.8) is 0 Å². The number of hydrogen-bond donors (Lipinski definition) is 0. The Hall–Kier alpha value is -1.58. The van der Waals surface area contributed by atoms with Gasteiger partial charge in [-0.1, -0.05) is 6.08 Å². The van der Waals surface area contributed by atoms with Crippen molar-refractivity contribution in [1.29, 1.82) is 0 Å². The van der Waals surface area contributed by atoms with Crippen LogP contribution in [0, 0.1) is 0 Å². The number of rotatable bonds is 2. The van der Waals surface area contributed by atoms with Gasteiger partial charge in [-0.25, -0.2) is 5.01 Å². The zero-order valence-electron chi connectivity index (χ0n) is 8.71. The molecule has 0 saturated heterocycles. The van der Waals surface area contributed by atoms with Gasteiger partial charge in [0.05, 0.1) is 0 Å². The molecule has 1 amide bonds. The van der Waals surface area contributed by atoms with E-state index in [0.717, 1.165) is 0 Å². The molecule has 0 aromatic heterocycles. The Labute approximate surface area is 84.2 Å². The standard InChI is InChI=1S/C10H15N3O/c1-9(2)13(10(3)14)12-8-6-4-5-7-11-12/h4-9H,1-3H3. The second kappa shape index (κ2) is 4.60. The minimum atomic E-state index is -0.0244. The molecule has 0 aromatic rings. The van der Waals surface area contributed by atoms with E-state index in [-0.39, 0.29) is 11.9 Å². The second-order valence-electron chi connectivity index (χ2n) is 3.27. The molecular weight excluding hydrogens is 178 g/mol. The van der Waals surface area contributed by atoms with Crippen LogP contribution >= 0.6 is 0 Å². The van der Waals surface area contributed by atoms with Gasteiger partial charge >= 0.3 is 0 Å². The SMILES string of the molecule is CC(=O)N(C(C)C)N1C=CC=CC=N1. The van der Waals surface area contributed by atoms with E-state index in [9.17, 15) is 4.79 Å². The van der Waals surface area contributed by atoms with E-state index >= 15 is 0 Å². The van der Waals surface area contributed by atoms with Gasteiger partial charge in [0.1, 0.15) is 0 Å². The summed E-state index contributed by atoms with van der Waals surface area (Å²) in [6.07, 6.45) is 8.92. The Bertz CT molecular complexity index is 276. The molecule has 1 rings (SSSR count). The molecule has 76 valence electrons. The largest absolute Gasteiger partial charge is 0.273 e. The third kappa shape index (κ3) is 2.45. The molecule has 14 heavy (non-hydrogen) atoms. The molecule has 0 aromatic carbocycles. The fourth-order valence-electron chi connectivity index (χ4n) is 1.26. The maximum absolute atomic E-state index is 11.4. The lowest BCUT2D eigenvalue weighted by Gasteiger charge is -2.31. The molecule has 0 spiro atoms. The number of hydrazine groups is 1. The summed E-state index contributed by atoms with van der Waals surface area (Å²) >= 11 is 0. The summed E-state index contributed by atoms with van der Waals surface area (Å²) in [4.78, 5) is 11.4. The lowest BCUT2D eigenvalue weighted by Crippen LogP contribution is -2.44. The highest BCUT2D eigenvalue weighted by atomic mass is 16.2. The van der Waals surface area contributed by atoms with Crippen LogP contribution < -0.4 is 0 Å². The molecule has 0 aliphatic carbocycles. The second-order valence-corrected chi connectivity index (χ2v) is 3.27. The molecular formula is C10H15N3O. The van der Waals surface area contributed by atoms with Crippen molar-refractivity contribution in [2.45, 2.75) is 26.8 Å². The van der Waals surface area contributed by atoms with Gasteiger partial charge in [-0.2, -0.15) is 10.2 Å².